The molecule has 1 amide bonds. The van der Waals surface area contributed by atoms with E-state index in [4.69, 9.17) is 11.6 Å². The van der Waals surface area contributed by atoms with E-state index in [1.54, 1.807) is 33.8 Å². The lowest BCUT2D eigenvalue weighted by molar-refractivity contribution is -0.120. The zero-order valence-electron chi connectivity index (χ0n) is 16.5. The van der Waals surface area contributed by atoms with Gasteiger partial charge in [-0.2, -0.15) is 4.68 Å². The van der Waals surface area contributed by atoms with Crippen LogP contribution >= 0.6 is 11.6 Å². The maximum absolute atomic E-state index is 13.5. The Balaban J connectivity index is 1.80. The van der Waals surface area contributed by atoms with Crippen LogP contribution in [0.4, 0.5) is 10.3 Å². The molecule has 4 rings (SSSR count). The van der Waals surface area contributed by atoms with Crippen LogP contribution in [0.1, 0.15) is 31.0 Å². The molecule has 1 N–H and O–H groups in total. The van der Waals surface area contributed by atoms with Gasteiger partial charge in [-0.1, -0.05) is 41.0 Å². The first kappa shape index (κ1) is 20.0. The highest BCUT2D eigenvalue weighted by Gasteiger charge is 2.32. The minimum atomic E-state index is -0.356. The number of halogens is 2. The van der Waals surface area contributed by atoms with Crippen LogP contribution < -0.4 is 10.2 Å². The fourth-order valence-corrected chi connectivity index (χ4v) is 3.53. The molecule has 0 bridgehead atoms. The Morgan fingerprint density at radius 1 is 1.17 bits per heavy atom. The third kappa shape index (κ3) is 4.04. The smallest absolute Gasteiger partial charge is 0.251 e. The highest BCUT2D eigenvalue weighted by molar-refractivity contribution is 6.30. The number of benzene rings is 2. The molecule has 0 unspecified atom stereocenters. The van der Waals surface area contributed by atoms with Crippen LogP contribution in [0.5, 0.6) is 0 Å². The van der Waals surface area contributed by atoms with E-state index in [-0.39, 0.29) is 30.4 Å². The topological polar surface area (TPSA) is 75.9 Å². The molecule has 0 saturated heterocycles. The summed E-state index contributed by atoms with van der Waals surface area (Å²) in [6.07, 6.45) is 1.96. The average molecular weight is 427 g/mol. The van der Waals surface area contributed by atoms with Gasteiger partial charge in [0.1, 0.15) is 18.4 Å². The number of carbonyl (C=O) groups excluding carboxylic acids is 1. The molecule has 1 aliphatic heterocycles. The third-order valence-corrected chi connectivity index (χ3v) is 4.94. The van der Waals surface area contributed by atoms with Gasteiger partial charge in [0.2, 0.25) is 5.91 Å². The maximum Gasteiger partial charge on any atom is 0.251 e. The van der Waals surface area contributed by atoms with E-state index in [1.165, 1.54) is 12.1 Å². The minimum Gasteiger partial charge on any atom is -0.352 e. The third-order valence-electron chi connectivity index (χ3n) is 4.69. The van der Waals surface area contributed by atoms with Gasteiger partial charge in [0.15, 0.2) is 0 Å². The molecule has 9 heteroatoms. The average Bonchev–Trinajstić information content (AvgIpc) is 3.19. The van der Waals surface area contributed by atoms with Crippen LogP contribution in [0.3, 0.4) is 0 Å². The van der Waals surface area contributed by atoms with Gasteiger partial charge < -0.3 is 5.32 Å². The maximum atomic E-state index is 13.5. The van der Waals surface area contributed by atoms with Gasteiger partial charge in [-0.15, -0.1) is 0 Å². The van der Waals surface area contributed by atoms with Crippen LogP contribution in [0.15, 0.2) is 54.6 Å². The van der Waals surface area contributed by atoms with Gasteiger partial charge in [0.05, 0.1) is 5.70 Å². The van der Waals surface area contributed by atoms with Crippen LogP contribution in [0, 0.1) is 5.82 Å². The number of amides is 1. The Hall–Kier alpha value is -3.26. The second-order valence-electron chi connectivity index (χ2n) is 7.29. The van der Waals surface area contributed by atoms with E-state index in [9.17, 15) is 9.18 Å². The molecule has 0 saturated carbocycles. The summed E-state index contributed by atoms with van der Waals surface area (Å²) in [6, 6.07) is 13.2. The molecule has 0 aliphatic carbocycles. The summed E-state index contributed by atoms with van der Waals surface area (Å²) in [7, 11) is 0. The van der Waals surface area contributed by atoms with Crippen molar-refractivity contribution in [3.8, 4) is 0 Å². The largest absolute Gasteiger partial charge is 0.352 e. The molecule has 7 nitrogen and oxygen atoms in total. The Kier molecular flexibility index (Phi) is 5.50. The highest BCUT2D eigenvalue weighted by Crippen LogP contribution is 2.36. The molecule has 0 radical (unpaired) electrons. The van der Waals surface area contributed by atoms with Crippen LogP contribution in [-0.4, -0.2) is 38.7 Å². The van der Waals surface area contributed by atoms with Crippen molar-refractivity contribution in [3.05, 3.63) is 76.6 Å². The van der Waals surface area contributed by atoms with E-state index in [1.807, 2.05) is 32.1 Å². The number of nitrogens with zero attached hydrogens (tertiary/aromatic N) is 5. The summed E-state index contributed by atoms with van der Waals surface area (Å²) in [5.74, 6) is -0.0456. The number of hydrogen-bond acceptors (Lipinski definition) is 5. The van der Waals surface area contributed by atoms with E-state index in [0.29, 0.717) is 11.0 Å². The molecule has 1 atom stereocenters. The van der Waals surface area contributed by atoms with Gasteiger partial charge in [-0.3, -0.25) is 9.69 Å². The molecule has 30 heavy (non-hydrogen) atoms. The number of carbonyl (C=O) groups is 1. The lowest BCUT2D eigenvalue weighted by atomic mass is 10.0. The molecule has 1 aromatic heterocycles. The standard InChI is InChI=1S/C21H20ClFN6O/c1-13(2)24-20(30)12-28-18(14-3-7-16(22)8-4-14)11-19(29-21(28)25-26-27-29)15-5-9-17(23)10-6-15/h3-11,13,19H,12H2,1-2H3,(H,24,30)/t19-/m1/s1. The second kappa shape index (κ2) is 8.23. The zero-order chi connectivity index (χ0) is 21.3. The summed E-state index contributed by atoms with van der Waals surface area (Å²) < 4.78 is 15.1. The number of fused-ring (bicyclic) bond motifs is 1. The number of tetrazole rings is 1. The Morgan fingerprint density at radius 3 is 2.53 bits per heavy atom. The number of nitrogens with one attached hydrogen (secondary N) is 1. The van der Waals surface area contributed by atoms with Crippen molar-refractivity contribution >= 4 is 29.2 Å². The normalized spacial score (nSPS) is 15.7. The first-order chi connectivity index (χ1) is 14.4. The fraction of sp³-hybridized carbons (Fsp3) is 0.238. The number of hydrogen-bond donors (Lipinski definition) is 1. The van der Waals surface area contributed by atoms with Crippen molar-refractivity contribution < 1.29 is 9.18 Å². The lowest BCUT2D eigenvalue weighted by Gasteiger charge is -2.32. The fourth-order valence-electron chi connectivity index (χ4n) is 3.40. The van der Waals surface area contributed by atoms with Gasteiger partial charge in [0.25, 0.3) is 5.95 Å². The number of allylic oxidation sites excluding steroid dienone is 1. The molecule has 154 valence electrons. The van der Waals surface area contributed by atoms with E-state index < -0.39 is 0 Å². The van der Waals surface area contributed by atoms with Crippen LogP contribution in [-0.2, 0) is 4.79 Å². The minimum absolute atomic E-state index is 0.00760. The lowest BCUT2D eigenvalue weighted by Crippen LogP contribution is -2.42. The predicted octanol–water partition coefficient (Wildman–Crippen LogP) is 3.44. The van der Waals surface area contributed by atoms with E-state index in [0.717, 1.165) is 16.8 Å². The summed E-state index contributed by atoms with van der Waals surface area (Å²) in [5.41, 5.74) is 2.45. The van der Waals surface area contributed by atoms with Gasteiger partial charge in [-0.05, 0) is 65.7 Å². The Bertz CT molecular complexity index is 1080. The quantitative estimate of drug-likeness (QED) is 0.676. The second-order valence-corrected chi connectivity index (χ2v) is 7.72. The molecule has 3 aromatic rings. The number of anilines is 1. The Morgan fingerprint density at radius 2 is 1.87 bits per heavy atom. The van der Waals surface area contributed by atoms with Crippen molar-refractivity contribution in [2.24, 2.45) is 0 Å². The van der Waals surface area contributed by atoms with Crippen molar-refractivity contribution in [1.82, 2.24) is 25.5 Å². The van der Waals surface area contributed by atoms with Crippen molar-refractivity contribution in [2.75, 3.05) is 11.4 Å². The number of aromatic nitrogens is 4. The molecular weight excluding hydrogens is 407 g/mol. The van der Waals surface area contributed by atoms with Crippen molar-refractivity contribution in [3.63, 3.8) is 0 Å². The molecule has 2 aromatic carbocycles. The molecule has 1 aliphatic rings. The molecule has 0 fully saturated rings. The summed E-state index contributed by atoms with van der Waals surface area (Å²) in [5, 5.41) is 15.6. The van der Waals surface area contributed by atoms with Gasteiger partial charge in [-0.25, -0.2) is 4.39 Å². The molecule has 0 spiro atoms. The van der Waals surface area contributed by atoms with Gasteiger partial charge in [0, 0.05) is 11.1 Å². The molecule has 2 heterocycles. The summed E-state index contributed by atoms with van der Waals surface area (Å²) in [6.45, 7) is 3.85. The first-order valence-corrected chi connectivity index (χ1v) is 9.88. The predicted molar refractivity (Wildman–Crippen MR) is 112 cm³/mol. The molecular formula is C21H20ClFN6O. The summed E-state index contributed by atoms with van der Waals surface area (Å²) >= 11 is 6.06. The SMILES string of the molecule is CC(C)NC(=O)CN1C(c2ccc(Cl)cc2)=C[C@H](c2ccc(F)cc2)n2nnnc21. The van der Waals surface area contributed by atoms with E-state index in [2.05, 4.69) is 20.8 Å². The Labute approximate surface area is 178 Å². The van der Waals surface area contributed by atoms with Crippen molar-refractivity contribution in [1.29, 1.82) is 0 Å². The first-order valence-electron chi connectivity index (χ1n) is 9.50. The van der Waals surface area contributed by atoms with E-state index >= 15 is 0 Å². The van der Waals surface area contributed by atoms with Gasteiger partial charge >= 0.3 is 0 Å². The highest BCUT2D eigenvalue weighted by atomic mass is 35.5. The number of rotatable bonds is 5. The van der Waals surface area contributed by atoms with Crippen molar-refractivity contribution in [2.45, 2.75) is 25.9 Å². The van der Waals surface area contributed by atoms with Crippen LogP contribution in [0.25, 0.3) is 5.70 Å². The zero-order valence-corrected chi connectivity index (χ0v) is 17.2. The summed E-state index contributed by atoms with van der Waals surface area (Å²) in [4.78, 5) is 14.3. The van der Waals surface area contributed by atoms with Crippen LogP contribution in [0.2, 0.25) is 5.02 Å². The monoisotopic (exact) mass is 426 g/mol.